The molecule has 0 rings (SSSR count). The lowest BCUT2D eigenvalue weighted by atomic mass is 9.95. The summed E-state index contributed by atoms with van der Waals surface area (Å²) in [6.45, 7) is 3.66. The molecule has 0 heterocycles. The topological polar surface area (TPSA) is 46.5 Å². The Morgan fingerprint density at radius 2 is 1.95 bits per heavy atom. The fraction of sp³-hybridized carbons (Fsp3) is 0.643. The Balaban J connectivity index is 4.70. The molecule has 20 heavy (non-hydrogen) atoms. The molecule has 0 unspecified atom stereocenters. The minimum absolute atomic E-state index is 0.104. The van der Waals surface area contributed by atoms with Crippen molar-refractivity contribution in [3.63, 3.8) is 0 Å². The fourth-order valence-electron chi connectivity index (χ4n) is 1.57. The maximum absolute atomic E-state index is 12.5. The zero-order valence-corrected chi connectivity index (χ0v) is 11.7. The van der Waals surface area contributed by atoms with Crippen LogP contribution >= 0.6 is 0 Å². The molecule has 0 saturated heterocycles. The SMILES string of the molecule is CC/C=C\CC[C@H](/C=C/C(=O)OCC)[C@@H](O)C(F)(F)F. The Bertz CT molecular complexity index is 335. The zero-order valence-electron chi connectivity index (χ0n) is 11.7. The molecule has 116 valence electrons. The summed E-state index contributed by atoms with van der Waals surface area (Å²) in [7, 11) is 0. The van der Waals surface area contributed by atoms with Crippen LogP contribution in [-0.2, 0) is 9.53 Å². The van der Waals surface area contributed by atoms with Gasteiger partial charge in [-0.05, 0) is 26.2 Å². The average Bonchev–Trinajstić information content (AvgIpc) is 2.36. The van der Waals surface area contributed by atoms with Crippen LogP contribution in [-0.4, -0.2) is 30.0 Å². The molecule has 0 aromatic heterocycles. The van der Waals surface area contributed by atoms with Crippen molar-refractivity contribution in [3.8, 4) is 0 Å². The second-order valence-corrected chi connectivity index (χ2v) is 4.22. The number of esters is 1. The van der Waals surface area contributed by atoms with Crippen LogP contribution in [0.25, 0.3) is 0 Å². The first-order valence-electron chi connectivity index (χ1n) is 6.57. The van der Waals surface area contributed by atoms with Crippen LogP contribution in [0.5, 0.6) is 0 Å². The molecule has 1 N–H and O–H groups in total. The quantitative estimate of drug-likeness (QED) is 0.424. The second kappa shape index (κ2) is 9.58. The number of carbonyl (C=O) groups is 1. The maximum atomic E-state index is 12.5. The molecule has 6 heteroatoms. The van der Waals surface area contributed by atoms with Gasteiger partial charge in [0.25, 0.3) is 0 Å². The van der Waals surface area contributed by atoms with Gasteiger partial charge in [0, 0.05) is 12.0 Å². The number of alkyl halides is 3. The number of hydrogen-bond acceptors (Lipinski definition) is 3. The van der Waals surface area contributed by atoms with E-state index in [1.165, 1.54) is 0 Å². The molecule has 0 aliphatic carbocycles. The van der Waals surface area contributed by atoms with Gasteiger partial charge in [0.05, 0.1) is 6.61 Å². The Kier molecular flexibility index (Phi) is 8.96. The summed E-state index contributed by atoms with van der Waals surface area (Å²) >= 11 is 0. The molecule has 0 radical (unpaired) electrons. The summed E-state index contributed by atoms with van der Waals surface area (Å²) in [4.78, 5) is 11.1. The van der Waals surface area contributed by atoms with Crippen LogP contribution in [0.1, 0.15) is 33.1 Å². The van der Waals surface area contributed by atoms with E-state index >= 15 is 0 Å². The number of allylic oxidation sites excluding steroid dienone is 2. The van der Waals surface area contributed by atoms with Gasteiger partial charge in [-0.2, -0.15) is 13.2 Å². The normalized spacial score (nSPS) is 15.7. The molecule has 0 amide bonds. The van der Waals surface area contributed by atoms with Gasteiger partial charge >= 0.3 is 12.1 Å². The van der Waals surface area contributed by atoms with E-state index in [0.717, 1.165) is 18.6 Å². The van der Waals surface area contributed by atoms with Gasteiger partial charge in [0.15, 0.2) is 6.10 Å². The Hall–Kier alpha value is -1.30. The predicted octanol–water partition coefficient (Wildman–Crippen LogP) is 3.39. The highest BCUT2D eigenvalue weighted by Crippen LogP contribution is 2.29. The molecular weight excluding hydrogens is 273 g/mol. The molecule has 3 nitrogen and oxygen atoms in total. The van der Waals surface area contributed by atoms with E-state index in [2.05, 4.69) is 4.74 Å². The van der Waals surface area contributed by atoms with Gasteiger partial charge in [-0.3, -0.25) is 0 Å². The van der Waals surface area contributed by atoms with E-state index < -0.39 is 24.2 Å². The van der Waals surface area contributed by atoms with Crippen LogP contribution in [0.3, 0.4) is 0 Å². The van der Waals surface area contributed by atoms with Crippen molar-refractivity contribution >= 4 is 5.97 Å². The van der Waals surface area contributed by atoms with Crippen LogP contribution in [0.4, 0.5) is 13.2 Å². The maximum Gasteiger partial charge on any atom is 0.414 e. The molecule has 0 bridgehead atoms. The lowest BCUT2D eigenvalue weighted by molar-refractivity contribution is -0.215. The average molecular weight is 294 g/mol. The molecule has 0 saturated carbocycles. The third kappa shape index (κ3) is 7.99. The first-order chi connectivity index (χ1) is 9.32. The number of hydrogen-bond donors (Lipinski definition) is 1. The van der Waals surface area contributed by atoms with Crippen molar-refractivity contribution in [3.05, 3.63) is 24.3 Å². The number of aliphatic hydroxyl groups excluding tert-OH is 1. The smallest absolute Gasteiger partial charge is 0.414 e. The first-order valence-corrected chi connectivity index (χ1v) is 6.57. The van der Waals surface area contributed by atoms with Crippen LogP contribution < -0.4 is 0 Å². The lowest BCUT2D eigenvalue weighted by Crippen LogP contribution is -2.35. The summed E-state index contributed by atoms with van der Waals surface area (Å²) in [5, 5.41) is 9.29. The van der Waals surface area contributed by atoms with Crippen molar-refractivity contribution in [2.75, 3.05) is 6.61 Å². The molecule has 0 aliphatic rings. The highest BCUT2D eigenvalue weighted by Gasteiger charge is 2.42. The molecule has 0 aromatic carbocycles. The highest BCUT2D eigenvalue weighted by molar-refractivity contribution is 5.81. The van der Waals surface area contributed by atoms with Crippen molar-refractivity contribution in [2.24, 2.45) is 5.92 Å². The van der Waals surface area contributed by atoms with Gasteiger partial charge in [0.1, 0.15) is 0 Å². The Morgan fingerprint density at radius 3 is 2.45 bits per heavy atom. The van der Waals surface area contributed by atoms with E-state index in [-0.39, 0.29) is 13.0 Å². The van der Waals surface area contributed by atoms with Gasteiger partial charge in [0.2, 0.25) is 0 Å². The van der Waals surface area contributed by atoms with Crippen molar-refractivity contribution in [1.29, 1.82) is 0 Å². The van der Waals surface area contributed by atoms with Crippen LogP contribution in [0.2, 0.25) is 0 Å². The Morgan fingerprint density at radius 1 is 1.30 bits per heavy atom. The van der Waals surface area contributed by atoms with E-state index in [0.29, 0.717) is 6.42 Å². The zero-order chi connectivity index (χ0) is 15.6. The van der Waals surface area contributed by atoms with Crippen molar-refractivity contribution in [2.45, 2.75) is 45.4 Å². The monoisotopic (exact) mass is 294 g/mol. The van der Waals surface area contributed by atoms with Gasteiger partial charge in [-0.15, -0.1) is 0 Å². The third-order valence-electron chi connectivity index (χ3n) is 2.58. The molecule has 0 aliphatic heterocycles. The number of ether oxygens (including phenoxy) is 1. The van der Waals surface area contributed by atoms with E-state index in [1.54, 1.807) is 13.0 Å². The predicted molar refractivity (Wildman–Crippen MR) is 70.0 cm³/mol. The summed E-state index contributed by atoms with van der Waals surface area (Å²) in [5.74, 6) is -1.88. The highest BCUT2D eigenvalue weighted by atomic mass is 19.4. The second-order valence-electron chi connectivity index (χ2n) is 4.22. The lowest BCUT2D eigenvalue weighted by Gasteiger charge is -2.21. The minimum Gasteiger partial charge on any atom is -0.463 e. The molecule has 0 fully saturated rings. The third-order valence-corrected chi connectivity index (χ3v) is 2.58. The fourth-order valence-corrected chi connectivity index (χ4v) is 1.57. The molecule has 2 atom stereocenters. The number of halogens is 3. The van der Waals surface area contributed by atoms with E-state index in [9.17, 15) is 23.1 Å². The van der Waals surface area contributed by atoms with Gasteiger partial charge in [-0.1, -0.05) is 25.2 Å². The molecular formula is C14H21F3O3. The molecule has 0 spiro atoms. The van der Waals surface area contributed by atoms with Gasteiger partial charge in [-0.25, -0.2) is 4.79 Å². The number of rotatable bonds is 8. The standard InChI is InChI=1S/C14H21F3O3/c1-3-5-6-7-8-11(13(19)14(15,16)17)9-10-12(18)20-4-2/h5-6,9-11,13,19H,3-4,7-8H2,1-2H3/b6-5-,10-9+/t11-,13-/m1/s1. The number of carbonyl (C=O) groups excluding carboxylic acids is 1. The van der Waals surface area contributed by atoms with Gasteiger partial charge < -0.3 is 9.84 Å². The van der Waals surface area contributed by atoms with Crippen molar-refractivity contribution < 1.29 is 27.8 Å². The minimum atomic E-state index is -4.71. The van der Waals surface area contributed by atoms with E-state index in [4.69, 9.17) is 0 Å². The summed E-state index contributed by atoms with van der Waals surface area (Å²) in [6, 6.07) is 0. The summed E-state index contributed by atoms with van der Waals surface area (Å²) in [5.41, 5.74) is 0. The Labute approximate surface area is 117 Å². The molecule has 0 aromatic rings. The first kappa shape index (κ1) is 18.7. The van der Waals surface area contributed by atoms with Crippen LogP contribution in [0, 0.1) is 5.92 Å². The summed E-state index contributed by atoms with van der Waals surface area (Å²) in [6.07, 6.45) is -0.291. The largest absolute Gasteiger partial charge is 0.463 e. The number of aliphatic hydroxyl groups is 1. The van der Waals surface area contributed by atoms with E-state index in [1.807, 2.05) is 13.0 Å². The summed E-state index contributed by atoms with van der Waals surface area (Å²) < 4.78 is 42.2. The van der Waals surface area contributed by atoms with Crippen LogP contribution in [0.15, 0.2) is 24.3 Å². The van der Waals surface area contributed by atoms with Crippen molar-refractivity contribution in [1.82, 2.24) is 0 Å².